The van der Waals surface area contributed by atoms with Crippen LogP contribution in [-0.4, -0.2) is 32.8 Å². The van der Waals surface area contributed by atoms with Crippen molar-refractivity contribution in [1.82, 2.24) is 14.6 Å². The normalized spacial score (nSPS) is 10.8. The average molecular weight is 345 g/mol. The van der Waals surface area contributed by atoms with E-state index < -0.39 is 5.97 Å². The monoisotopic (exact) mass is 345 g/mol. The van der Waals surface area contributed by atoms with Gasteiger partial charge in [-0.2, -0.15) is 5.10 Å². The molecule has 1 N–H and O–H groups in total. The third kappa shape index (κ3) is 2.77. The summed E-state index contributed by atoms with van der Waals surface area (Å²) in [4.78, 5) is 15.9. The van der Waals surface area contributed by atoms with Gasteiger partial charge in [0.15, 0.2) is 11.3 Å². The molecule has 0 radical (unpaired) electrons. The first-order chi connectivity index (χ1) is 12.7. The molecule has 0 saturated carbocycles. The second kappa shape index (κ2) is 6.33. The first kappa shape index (κ1) is 15.8. The average Bonchev–Trinajstić information content (AvgIpc) is 3.12. The predicted molar refractivity (Wildman–Crippen MR) is 97.4 cm³/mol. The zero-order valence-electron chi connectivity index (χ0n) is 14.0. The molecular formula is C20H15N3O3. The molecule has 0 bridgehead atoms. The Morgan fingerprint density at radius 3 is 2.38 bits per heavy atom. The van der Waals surface area contributed by atoms with Gasteiger partial charge in [0, 0.05) is 17.2 Å². The lowest BCUT2D eigenvalue weighted by Crippen LogP contribution is -2.01. The van der Waals surface area contributed by atoms with Crippen molar-refractivity contribution in [2.45, 2.75) is 0 Å². The molecule has 0 spiro atoms. The van der Waals surface area contributed by atoms with E-state index in [1.807, 2.05) is 60.7 Å². The molecule has 4 rings (SSSR count). The fourth-order valence-corrected chi connectivity index (χ4v) is 2.80. The minimum absolute atomic E-state index is 0.0440. The zero-order valence-corrected chi connectivity index (χ0v) is 14.0. The van der Waals surface area contributed by atoms with E-state index in [0.717, 1.165) is 28.3 Å². The summed E-state index contributed by atoms with van der Waals surface area (Å²) >= 11 is 0. The Balaban J connectivity index is 1.97. The third-order valence-electron chi connectivity index (χ3n) is 4.10. The van der Waals surface area contributed by atoms with Crippen molar-refractivity contribution in [3.63, 3.8) is 0 Å². The van der Waals surface area contributed by atoms with Gasteiger partial charge in [-0.25, -0.2) is 14.3 Å². The molecule has 2 heterocycles. The van der Waals surface area contributed by atoms with E-state index in [1.54, 1.807) is 11.6 Å². The van der Waals surface area contributed by atoms with Gasteiger partial charge >= 0.3 is 5.97 Å². The molecule has 6 nitrogen and oxygen atoms in total. The van der Waals surface area contributed by atoms with Crippen LogP contribution in [0.4, 0.5) is 0 Å². The number of hydrogen-bond donors (Lipinski definition) is 1. The van der Waals surface area contributed by atoms with E-state index in [4.69, 9.17) is 4.74 Å². The molecule has 0 amide bonds. The van der Waals surface area contributed by atoms with Crippen LogP contribution in [0, 0.1) is 0 Å². The van der Waals surface area contributed by atoms with Gasteiger partial charge in [-0.05, 0) is 30.3 Å². The molecule has 128 valence electrons. The van der Waals surface area contributed by atoms with Crippen LogP contribution in [-0.2, 0) is 0 Å². The van der Waals surface area contributed by atoms with Crippen LogP contribution in [0.2, 0.25) is 0 Å². The highest BCUT2D eigenvalue weighted by Crippen LogP contribution is 2.27. The highest BCUT2D eigenvalue weighted by Gasteiger charge is 2.15. The van der Waals surface area contributed by atoms with E-state index in [2.05, 4.69) is 10.1 Å². The number of methoxy groups -OCH3 is 1. The fourth-order valence-electron chi connectivity index (χ4n) is 2.80. The van der Waals surface area contributed by atoms with Crippen LogP contribution < -0.4 is 4.74 Å². The Morgan fingerprint density at radius 1 is 1.00 bits per heavy atom. The number of carboxylic acids is 1. The molecule has 0 saturated heterocycles. The van der Waals surface area contributed by atoms with Gasteiger partial charge in [0.2, 0.25) is 0 Å². The highest BCUT2D eigenvalue weighted by atomic mass is 16.5. The summed E-state index contributed by atoms with van der Waals surface area (Å²) in [5.74, 6) is -0.341. The number of benzene rings is 2. The summed E-state index contributed by atoms with van der Waals surface area (Å²) in [6.45, 7) is 0. The fraction of sp³-hybridized carbons (Fsp3) is 0.0500. The van der Waals surface area contributed by atoms with E-state index in [-0.39, 0.29) is 5.69 Å². The quantitative estimate of drug-likeness (QED) is 0.609. The number of hydrogen-bond acceptors (Lipinski definition) is 4. The SMILES string of the molecule is COc1ccc(-c2cc(-c3ccccc3)nc3cc(C(=O)O)nn23)cc1. The number of aromatic carboxylic acids is 1. The van der Waals surface area contributed by atoms with E-state index >= 15 is 0 Å². The molecule has 2 aromatic heterocycles. The number of fused-ring (bicyclic) bond motifs is 1. The van der Waals surface area contributed by atoms with Crippen LogP contribution >= 0.6 is 0 Å². The topological polar surface area (TPSA) is 76.7 Å². The van der Waals surface area contributed by atoms with Gasteiger partial charge in [0.25, 0.3) is 0 Å². The molecule has 0 fully saturated rings. The molecule has 26 heavy (non-hydrogen) atoms. The minimum Gasteiger partial charge on any atom is -0.497 e. The van der Waals surface area contributed by atoms with Crippen LogP contribution in [0.25, 0.3) is 28.2 Å². The molecule has 0 atom stereocenters. The van der Waals surface area contributed by atoms with Gasteiger partial charge in [-0.1, -0.05) is 30.3 Å². The maximum absolute atomic E-state index is 11.3. The number of ether oxygens (including phenoxy) is 1. The summed E-state index contributed by atoms with van der Waals surface area (Å²) in [6, 6.07) is 20.6. The van der Waals surface area contributed by atoms with Crippen molar-refractivity contribution in [1.29, 1.82) is 0 Å². The Morgan fingerprint density at radius 2 is 1.73 bits per heavy atom. The molecule has 0 aliphatic heterocycles. The highest BCUT2D eigenvalue weighted by molar-refractivity contribution is 5.87. The van der Waals surface area contributed by atoms with Gasteiger partial charge in [-0.15, -0.1) is 0 Å². The number of carbonyl (C=O) groups is 1. The van der Waals surface area contributed by atoms with E-state index in [9.17, 15) is 9.90 Å². The maximum atomic E-state index is 11.3. The lowest BCUT2D eigenvalue weighted by atomic mass is 10.1. The number of aromatic nitrogens is 3. The molecule has 0 aliphatic rings. The molecule has 0 unspecified atom stereocenters. The van der Waals surface area contributed by atoms with Gasteiger partial charge in [-0.3, -0.25) is 0 Å². The predicted octanol–water partition coefficient (Wildman–Crippen LogP) is 3.77. The van der Waals surface area contributed by atoms with Crippen molar-refractivity contribution < 1.29 is 14.6 Å². The first-order valence-corrected chi connectivity index (χ1v) is 7.99. The van der Waals surface area contributed by atoms with Crippen molar-refractivity contribution in [2.24, 2.45) is 0 Å². The van der Waals surface area contributed by atoms with Gasteiger partial charge < -0.3 is 9.84 Å². The smallest absolute Gasteiger partial charge is 0.356 e. The van der Waals surface area contributed by atoms with Crippen molar-refractivity contribution in [3.8, 4) is 28.3 Å². The summed E-state index contributed by atoms with van der Waals surface area (Å²) in [6.07, 6.45) is 0. The van der Waals surface area contributed by atoms with Crippen molar-refractivity contribution in [3.05, 3.63) is 72.4 Å². The zero-order chi connectivity index (χ0) is 18.1. The number of nitrogens with zero attached hydrogens (tertiary/aromatic N) is 3. The van der Waals surface area contributed by atoms with Crippen LogP contribution in [0.5, 0.6) is 5.75 Å². The van der Waals surface area contributed by atoms with Crippen LogP contribution in [0.3, 0.4) is 0 Å². The largest absolute Gasteiger partial charge is 0.497 e. The maximum Gasteiger partial charge on any atom is 0.356 e. The number of carboxylic acid groups (broad SMARTS) is 1. The third-order valence-corrected chi connectivity index (χ3v) is 4.10. The molecule has 6 heteroatoms. The lowest BCUT2D eigenvalue weighted by molar-refractivity contribution is 0.0690. The minimum atomic E-state index is -1.09. The second-order valence-electron chi connectivity index (χ2n) is 5.73. The molecule has 0 aliphatic carbocycles. The van der Waals surface area contributed by atoms with Gasteiger partial charge in [0.05, 0.1) is 18.5 Å². The lowest BCUT2D eigenvalue weighted by Gasteiger charge is -2.09. The van der Waals surface area contributed by atoms with Gasteiger partial charge in [0.1, 0.15) is 5.75 Å². The Kier molecular flexibility index (Phi) is 3.85. The van der Waals surface area contributed by atoms with Crippen molar-refractivity contribution in [2.75, 3.05) is 7.11 Å². The molecule has 4 aromatic rings. The second-order valence-corrected chi connectivity index (χ2v) is 5.73. The number of rotatable bonds is 4. The van der Waals surface area contributed by atoms with Crippen molar-refractivity contribution >= 4 is 11.6 Å². The van der Waals surface area contributed by atoms with E-state index in [0.29, 0.717) is 5.65 Å². The summed E-state index contributed by atoms with van der Waals surface area (Å²) in [5.41, 5.74) is 3.77. The van der Waals surface area contributed by atoms with Crippen LogP contribution in [0.15, 0.2) is 66.7 Å². The molecule has 2 aromatic carbocycles. The standard InChI is InChI=1S/C20H15N3O3/c1-26-15-9-7-14(8-10-15)18-11-16(13-5-3-2-4-6-13)21-19-12-17(20(24)25)22-23(18)19/h2-12H,1H3,(H,24,25). The first-order valence-electron chi connectivity index (χ1n) is 7.99. The summed E-state index contributed by atoms with van der Waals surface area (Å²) < 4.78 is 6.76. The Labute approximate surface area is 149 Å². The summed E-state index contributed by atoms with van der Waals surface area (Å²) in [7, 11) is 1.61. The van der Waals surface area contributed by atoms with E-state index in [1.165, 1.54) is 6.07 Å². The van der Waals surface area contributed by atoms with Crippen LogP contribution in [0.1, 0.15) is 10.5 Å². The summed E-state index contributed by atoms with van der Waals surface area (Å²) in [5, 5.41) is 13.5. The Bertz CT molecular complexity index is 1090. The molecular weight excluding hydrogens is 330 g/mol. The Hall–Kier alpha value is -3.67.